The smallest absolute Gasteiger partial charge is 0.255 e. The van der Waals surface area contributed by atoms with Crippen LogP contribution in [0.5, 0.6) is 0 Å². The number of carbonyl (C=O) groups excluding carboxylic acids is 1. The van der Waals surface area contributed by atoms with Gasteiger partial charge in [-0.1, -0.05) is 0 Å². The van der Waals surface area contributed by atoms with Crippen molar-refractivity contribution in [2.45, 2.75) is 12.8 Å². The molecule has 0 aliphatic heterocycles. The second kappa shape index (κ2) is 3.28. The van der Waals surface area contributed by atoms with Gasteiger partial charge in [-0.05, 0) is 24.6 Å². The van der Waals surface area contributed by atoms with Crippen LogP contribution >= 0.6 is 23.2 Å². The van der Waals surface area contributed by atoms with E-state index in [0.29, 0.717) is 17.1 Å². The summed E-state index contributed by atoms with van der Waals surface area (Å²) in [6.07, 6.45) is 0. The van der Waals surface area contributed by atoms with Crippen LogP contribution in [0.4, 0.5) is 0 Å². The molecule has 1 heterocycles. The fourth-order valence-corrected chi connectivity index (χ4v) is 1.12. The maximum absolute atomic E-state index is 10.7. The number of hydrogen-bond donors (Lipinski definition) is 0. The van der Waals surface area contributed by atoms with E-state index in [1.54, 1.807) is 13.0 Å². The molecule has 0 aromatic carbocycles. The number of halogens is 2. The highest BCUT2D eigenvalue weighted by molar-refractivity contribution is 6.67. The van der Waals surface area contributed by atoms with Crippen molar-refractivity contribution in [2.75, 3.05) is 0 Å². The maximum atomic E-state index is 10.7. The summed E-state index contributed by atoms with van der Waals surface area (Å²) < 4.78 is 5.09. The molecule has 0 amide bonds. The highest BCUT2D eigenvalue weighted by atomic mass is 35.5. The van der Waals surface area contributed by atoms with Crippen molar-refractivity contribution in [1.29, 1.82) is 0 Å². The standard InChI is InChI=1S/C7H6Cl2O2/c1-4-6(7(9)10)2-5(3-8)11-4/h2H,3H2,1H3. The molecule has 0 spiro atoms. The van der Waals surface area contributed by atoms with E-state index in [-0.39, 0.29) is 5.88 Å². The lowest BCUT2D eigenvalue weighted by Crippen LogP contribution is -1.86. The lowest BCUT2D eigenvalue weighted by atomic mass is 10.3. The third kappa shape index (κ3) is 1.76. The quantitative estimate of drug-likeness (QED) is 0.533. The summed E-state index contributed by atoms with van der Waals surface area (Å²) in [5, 5.41) is -0.511. The van der Waals surface area contributed by atoms with Crippen molar-refractivity contribution >= 4 is 28.4 Å². The van der Waals surface area contributed by atoms with Gasteiger partial charge in [-0.2, -0.15) is 0 Å². The molecule has 2 nitrogen and oxygen atoms in total. The average molecular weight is 193 g/mol. The van der Waals surface area contributed by atoms with E-state index < -0.39 is 5.24 Å². The van der Waals surface area contributed by atoms with Gasteiger partial charge in [-0.25, -0.2) is 0 Å². The Balaban J connectivity index is 3.07. The summed E-state index contributed by atoms with van der Waals surface area (Å²) in [6, 6.07) is 1.55. The molecule has 1 rings (SSSR count). The zero-order valence-corrected chi connectivity index (χ0v) is 7.37. The molecule has 0 fully saturated rings. The van der Waals surface area contributed by atoms with Crippen molar-refractivity contribution in [3.05, 3.63) is 23.2 Å². The normalized spacial score (nSPS) is 10.1. The first-order valence-corrected chi connectivity index (χ1v) is 3.91. The molecule has 4 heteroatoms. The van der Waals surface area contributed by atoms with Crippen LogP contribution in [0.1, 0.15) is 21.9 Å². The third-order valence-electron chi connectivity index (χ3n) is 1.31. The summed E-state index contributed by atoms with van der Waals surface area (Å²) in [5.74, 6) is 1.33. The minimum Gasteiger partial charge on any atom is -0.464 e. The van der Waals surface area contributed by atoms with Gasteiger partial charge in [0, 0.05) is 0 Å². The van der Waals surface area contributed by atoms with Gasteiger partial charge in [-0.3, -0.25) is 4.79 Å². The molecule has 60 valence electrons. The second-order valence-corrected chi connectivity index (χ2v) is 2.70. The van der Waals surface area contributed by atoms with E-state index in [9.17, 15) is 4.79 Å². The Morgan fingerprint density at radius 2 is 2.36 bits per heavy atom. The van der Waals surface area contributed by atoms with Crippen molar-refractivity contribution in [3.8, 4) is 0 Å². The number of hydrogen-bond acceptors (Lipinski definition) is 2. The van der Waals surface area contributed by atoms with E-state index >= 15 is 0 Å². The summed E-state index contributed by atoms with van der Waals surface area (Å²) in [5.41, 5.74) is 0.391. The molecule has 0 saturated carbocycles. The average Bonchev–Trinajstić information content (AvgIpc) is 2.30. The molecule has 0 unspecified atom stereocenters. The molecule has 0 saturated heterocycles. The monoisotopic (exact) mass is 192 g/mol. The Bertz CT molecular complexity index is 278. The van der Waals surface area contributed by atoms with Gasteiger partial charge in [0.05, 0.1) is 11.4 Å². The molecule has 0 aliphatic carbocycles. The number of rotatable bonds is 2. The first-order chi connectivity index (χ1) is 5.15. The van der Waals surface area contributed by atoms with E-state index in [4.69, 9.17) is 27.6 Å². The summed E-state index contributed by atoms with van der Waals surface area (Å²) >= 11 is 10.7. The Hall–Kier alpha value is -0.470. The van der Waals surface area contributed by atoms with Crippen molar-refractivity contribution in [2.24, 2.45) is 0 Å². The zero-order chi connectivity index (χ0) is 8.43. The Labute approximate surface area is 74.1 Å². The summed E-state index contributed by atoms with van der Waals surface area (Å²) in [4.78, 5) is 10.7. The minimum atomic E-state index is -0.511. The maximum Gasteiger partial charge on any atom is 0.255 e. The zero-order valence-electron chi connectivity index (χ0n) is 5.86. The molecule has 0 bridgehead atoms. The van der Waals surface area contributed by atoms with Crippen LogP contribution in [-0.2, 0) is 5.88 Å². The lowest BCUT2D eigenvalue weighted by Gasteiger charge is -1.84. The van der Waals surface area contributed by atoms with Crippen LogP contribution in [0.3, 0.4) is 0 Å². The van der Waals surface area contributed by atoms with Gasteiger partial charge in [0.1, 0.15) is 11.5 Å². The molecule has 0 aliphatic rings. The van der Waals surface area contributed by atoms with Gasteiger partial charge in [0.15, 0.2) is 0 Å². The molecule has 0 atom stereocenters. The Morgan fingerprint density at radius 1 is 1.73 bits per heavy atom. The van der Waals surface area contributed by atoms with Crippen molar-refractivity contribution in [1.82, 2.24) is 0 Å². The van der Waals surface area contributed by atoms with Gasteiger partial charge in [0.2, 0.25) is 0 Å². The van der Waals surface area contributed by atoms with Crippen LogP contribution in [0.15, 0.2) is 10.5 Å². The van der Waals surface area contributed by atoms with Crippen LogP contribution in [0, 0.1) is 6.92 Å². The fourth-order valence-electron chi connectivity index (χ4n) is 0.805. The van der Waals surface area contributed by atoms with Crippen LogP contribution in [0.2, 0.25) is 0 Å². The van der Waals surface area contributed by atoms with Gasteiger partial charge in [0.25, 0.3) is 5.24 Å². The van der Waals surface area contributed by atoms with Gasteiger partial charge in [-0.15, -0.1) is 11.6 Å². The molecular weight excluding hydrogens is 187 g/mol. The highest BCUT2D eigenvalue weighted by Crippen LogP contribution is 2.17. The van der Waals surface area contributed by atoms with Crippen LogP contribution < -0.4 is 0 Å². The number of alkyl halides is 1. The molecule has 1 aromatic rings. The predicted molar refractivity (Wildman–Crippen MR) is 43.2 cm³/mol. The fraction of sp³-hybridized carbons (Fsp3) is 0.286. The SMILES string of the molecule is Cc1oc(CCl)cc1C(=O)Cl. The number of furan rings is 1. The van der Waals surface area contributed by atoms with E-state index in [1.165, 1.54) is 0 Å². The molecule has 1 aromatic heterocycles. The topological polar surface area (TPSA) is 30.2 Å². The first-order valence-electron chi connectivity index (χ1n) is 3.00. The van der Waals surface area contributed by atoms with E-state index in [1.807, 2.05) is 0 Å². The van der Waals surface area contributed by atoms with E-state index in [0.717, 1.165) is 0 Å². The number of carbonyl (C=O) groups is 1. The summed E-state index contributed by atoms with van der Waals surface area (Å²) in [6.45, 7) is 1.67. The minimum absolute atomic E-state index is 0.255. The summed E-state index contributed by atoms with van der Waals surface area (Å²) in [7, 11) is 0. The molecule has 0 radical (unpaired) electrons. The third-order valence-corrected chi connectivity index (χ3v) is 1.78. The first kappa shape index (κ1) is 8.62. The van der Waals surface area contributed by atoms with E-state index in [2.05, 4.69) is 0 Å². The largest absolute Gasteiger partial charge is 0.464 e. The second-order valence-electron chi connectivity index (χ2n) is 2.09. The Kier molecular flexibility index (Phi) is 2.58. The van der Waals surface area contributed by atoms with Gasteiger partial charge >= 0.3 is 0 Å². The van der Waals surface area contributed by atoms with Crippen LogP contribution in [0.25, 0.3) is 0 Å². The molecular formula is C7H6Cl2O2. The van der Waals surface area contributed by atoms with Crippen molar-refractivity contribution < 1.29 is 9.21 Å². The van der Waals surface area contributed by atoms with Gasteiger partial charge < -0.3 is 4.42 Å². The predicted octanol–water partition coefficient (Wildman–Crippen LogP) is 2.71. The molecule has 0 N–H and O–H groups in total. The van der Waals surface area contributed by atoms with Crippen molar-refractivity contribution in [3.63, 3.8) is 0 Å². The number of aryl methyl sites for hydroxylation is 1. The lowest BCUT2D eigenvalue weighted by molar-refractivity contribution is 0.108. The molecule has 11 heavy (non-hydrogen) atoms. The Morgan fingerprint density at radius 3 is 2.64 bits per heavy atom. The highest BCUT2D eigenvalue weighted by Gasteiger charge is 2.11. The van der Waals surface area contributed by atoms with Crippen LogP contribution in [-0.4, -0.2) is 5.24 Å².